The molecular weight excluding hydrogens is 382 g/mol. The smallest absolute Gasteiger partial charge is 0.348 e. The molecule has 0 aliphatic carbocycles. The van der Waals surface area contributed by atoms with Gasteiger partial charge >= 0.3 is 5.63 Å². The first-order chi connectivity index (χ1) is 13.5. The number of ether oxygens (including phenoxy) is 3. The quantitative estimate of drug-likeness (QED) is 0.816. The van der Waals surface area contributed by atoms with Gasteiger partial charge in [0.15, 0.2) is 11.5 Å². The Bertz CT molecular complexity index is 952. The molecule has 0 amide bonds. The number of rotatable bonds is 5. The van der Waals surface area contributed by atoms with Crippen LogP contribution in [0.5, 0.6) is 23.0 Å². The van der Waals surface area contributed by atoms with Crippen LogP contribution >= 0.6 is 11.8 Å². The highest BCUT2D eigenvalue weighted by Gasteiger charge is 2.28. The van der Waals surface area contributed by atoms with Gasteiger partial charge in [-0.2, -0.15) is 11.8 Å². The molecule has 1 aromatic heterocycles. The molecule has 1 N–H and O–H groups in total. The van der Waals surface area contributed by atoms with E-state index in [-0.39, 0.29) is 16.6 Å². The van der Waals surface area contributed by atoms with Crippen molar-refractivity contribution in [2.45, 2.75) is 18.6 Å². The van der Waals surface area contributed by atoms with E-state index in [0.29, 0.717) is 41.7 Å². The van der Waals surface area contributed by atoms with Crippen LogP contribution in [0.25, 0.3) is 0 Å². The summed E-state index contributed by atoms with van der Waals surface area (Å²) in [5.74, 6) is 2.69. The molecule has 0 saturated heterocycles. The summed E-state index contributed by atoms with van der Waals surface area (Å²) in [4.78, 5) is 16.9. The van der Waals surface area contributed by atoms with Crippen LogP contribution in [-0.4, -0.2) is 44.4 Å². The van der Waals surface area contributed by atoms with E-state index in [4.69, 9.17) is 18.6 Å². The van der Waals surface area contributed by atoms with E-state index in [1.165, 1.54) is 6.07 Å². The second-order valence-corrected chi connectivity index (χ2v) is 7.53. The van der Waals surface area contributed by atoms with Gasteiger partial charge in [0.1, 0.15) is 17.1 Å². The molecule has 1 aliphatic heterocycles. The molecule has 2 heterocycles. The number of hydrogen-bond donors (Lipinski definition) is 1. The molecule has 0 bridgehead atoms. The standard InChI is InChI=1S/C20H23NO6S/c1-11-9-14(22)17(20(23)27-11)13-10-16(28-8-7-21-13)12-5-6-15(24-2)19(26-4)18(12)25-3/h5-6,9,16,22H,7-8,10H2,1-4H3/t16-/m0/s1. The Kier molecular flexibility index (Phi) is 6.18. The monoisotopic (exact) mass is 405 g/mol. The molecule has 0 spiro atoms. The minimum atomic E-state index is -0.582. The molecule has 7 nitrogen and oxygen atoms in total. The van der Waals surface area contributed by atoms with Crippen molar-refractivity contribution in [2.75, 3.05) is 33.6 Å². The van der Waals surface area contributed by atoms with Gasteiger partial charge in [-0.15, -0.1) is 0 Å². The summed E-state index contributed by atoms with van der Waals surface area (Å²) in [6.45, 7) is 2.16. The van der Waals surface area contributed by atoms with Crippen molar-refractivity contribution in [3.05, 3.63) is 45.5 Å². The van der Waals surface area contributed by atoms with Crippen molar-refractivity contribution >= 4 is 17.5 Å². The van der Waals surface area contributed by atoms with E-state index >= 15 is 0 Å². The van der Waals surface area contributed by atoms with Crippen LogP contribution in [-0.2, 0) is 0 Å². The Hall–Kier alpha value is -2.61. The summed E-state index contributed by atoms with van der Waals surface area (Å²) in [5, 5.41) is 10.3. The third-order valence-electron chi connectivity index (χ3n) is 4.52. The van der Waals surface area contributed by atoms with Crippen LogP contribution in [0.3, 0.4) is 0 Å². The van der Waals surface area contributed by atoms with Crippen molar-refractivity contribution in [1.82, 2.24) is 0 Å². The van der Waals surface area contributed by atoms with Gasteiger partial charge in [0.05, 0.1) is 27.0 Å². The lowest BCUT2D eigenvalue weighted by Gasteiger charge is -2.21. The van der Waals surface area contributed by atoms with E-state index in [0.717, 1.165) is 11.3 Å². The van der Waals surface area contributed by atoms with Crippen molar-refractivity contribution in [2.24, 2.45) is 4.99 Å². The number of aromatic hydroxyl groups is 1. The molecule has 0 fully saturated rings. The highest BCUT2D eigenvalue weighted by atomic mass is 32.2. The van der Waals surface area contributed by atoms with Gasteiger partial charge in [0.25, 0.3) is 0 Å². The predicted octanol–water partition coefficient (Wildman–Crippen LogP) is 3.35. The van der Waals surface area contributed by atoms with Crippen LogP contribution in [0, 0.1) is 6.92 Å². The summed E-state index contributed by atoms with van der Waals surface area (Å²) in [5.41, 5.74) is 0.979. The third kappa shape index (κ3) is 3.82. The van der Waals surface area contributed by atoms with Crippen LogP contribution in [0.4, 0.5) is 0 Å². The van der Waals surface area contributed by atoms with Crippen molar-refractivity contribution in [3.63, 3.8) is 0 Å². The topological polar surface area (TPSA) is 90.5 Å². The number of nitrogens with zero attached hydrogens (tertiary/aromatic N) is 1. The Morgan fingerprint density at radius 3 is 2.57 bits per heavy atom. The molecule has 1 aliphatic rings. The lowest BCUT2D eigenvalue weighted by molar-refractivity contribution is 0.322. The molecule has 1 atom stereocenters. The van der Waals surface area contributed by atoms with E-state index in [2.05, 4.69) is 4.99 Å². The van der Waals surface area contributed by atoms with Gasteiger partial charge in [-0.25, -0.2) is 4.79 Å². The number of aliphatic imine (C=N–C) groups is 1. The second kappa shape index (κ2) is 8.60. The summed E-state index contributed by atoms with van der Waals surface area (Å²) in [6.07, 6.45) is 0.442. The first kappa shape index (κ1) is 20.1. The van der Waals surface area contributed by atoms with Crippen LogP contribution < -0.4 is 19.8 Å². The third-order valence-corrected chi connectivity index (χ3v) is 5.76. The van der Waals surface area contributed by atoms with E-state index in [1.54, 1.807) is 40.0 Å². The van der Waals surface area contributed by atoms with Crippen molar-refractivity contribution < 1.29 is 23.7 Å². The molecule has 0 saturated carbocycles. The largest absolute Gasteiger partial charge is 0.507 e. The Balaban J connectivity index is 2.04. The predicted molar refractivity (Wildman–Crippen MR) is 109 cm³/mol. The molecule has 3 rings (SSSR count). The zero-order valence-electron chi connectivity index (χ0n) is 16.3. The van der Waals surface area contributed by atoms with E-state index < -0.39 is 5.63 Å². The molecule has 0 unspecified atom stereocenters. The zero-order chi connectivity index (χ0) is 20.3. The van der Waals surface area contributed by atoms with Gasteiger partial charge in [-0.1, -0.05) is 6.07 Å². The second-order valence-electron chi connectivity index (χ2n) is 6.22. The fraction of sp³-hybridized carbons (Fsp3) is 0.400. The Morgan fingerprint density at radius 2 is 1.93 bits per heavy atom. The van der Waals surface area contributed by atoms with Gasteiger partial charge in [0, 0.05) is 35.6 Å². The maximum atomic E-state index is 12.3. The molecule has 1 aromatic carbocycles. The maximum absolute atomic E-state index is 12.3. The van der Waals surface area contributed by atoms with Crippen molar-refractivity contribution in [3.8, 4) is 23.0 Å². The molecule has 28 heavy (non-hydrogen) atoms. The van der Waals surface area contributed by atoms with E-state index in [1.807, 2.05) is 12.1 Å². The molecule has 0 radical (unpaired) electrons. The van der Waals surface area contributed by atoms with Crippen LogP contribution in [0.15, 0.2) is 32.4 Å². The number of aryl methyl sites for hydroxylation is 1. The number of thioether (sulfide) groups is 1. The summed E-state index contributed by atoms with van der Waals surface area (Å²) < 4.78 is 21.6. The Morgan fingerprint density at radius 1 is 1.18 bits per heavy atom. The molecule has 150 valence electrons. The number of methoxy groups -OCH3 is 3. The lowest BCUT2D eigenvalue weighted by atomic mass is 10.0. The van der Waals surface area contributed by atoms with E-state index in [9.17, 15) is 9.90 Å². The highest BCUT2D eigenvalue weighted by Crippen LogP contribution is 2.47. The summed E-state index contributed by atoms with van der Waals surface area (Å²) in [6, 6.07) is 5.19. The molecule has 8 heteroatoms. The number of benzene rings is 1. The minimum Gasteiger partial charge on any atom is -0.507 e. The number of hydrogen-bond acceptors (Lipinski definition) is 8. The first-order valence-corrected chi connectivity index (χ1v) is 9.82. The maximum Gasteiger partial charge on any atom is 0.348 e. The Labute approximate surface area is 167 Å². The normalized spacial score (nSPS) is 16.9. The molecule has 2 aromatic rings. The van der Waals surface area contributed by atoms with Gasteiger partial charge < -0.3 is 23.7 Å². The van der Waals surface area contributed by atoms with Crippen molar-refractivity contribution in [1.29, 1.82) is 0 Å². The molecular formula is C20H23NO6S. The first-order valence-electron chi connectivity index (χ1n) is 8.78. The average molecular weight is 405 g/mol. The highest BCUT2D eigenvalue weighted by molar-refractivity contribution is 7.99. The lowest BCUT2D eigenvalue weighted by Crippen LogP contribution is -2.17. The fourth-order valence-corrected chi connectivity index (χ4v) is 4.42. The van der Waals surface area contributed by atoms with Gasteiger partial charge in [-0.05, 0) is 13.0 Å². The van der Waals surface area contributed by atoms with Gasteiger partial charge in [0.2, 0.25) is 5.75 Å². The fourth-order valence-electron chi connectivity index (χ4n) is 3.30. The average Bonchev–Trinajstić information content (AvgIpc) is 2.91. The summed E-state index contributed by atoms with van der Waals surface area (Å²) in [7, 11) is 4.71. The minimum absolute atomic E-state index is 0.0453. The SMILES string of the molecule is COc1ccc([C@@H]2CC(c3c(O)cc(C)oc3=O)=NCCS2)c(OC)c1OC. The van der Waals surface area contributed by atoms with Gasteiger partial charge in [-0.3, -0.25) is 4.99 Å². The van der Waals surface area contributed by atoms with Crippen LogP contribution in [0.2, 0.25) is 0 Å². The zero-order valence-corrected chi connectivity index (χ0v) is 17.1. The van der Waals surface area contributed by atoms with Crippen LogP contribution in [0.1, 0.15) is 28.6 Å². The summed E-state index contributed by atoms with van der Waals surface area (Å²) >= 11 is 1.71.